The molecular formula is C13H18FNO. The average Bonchev–Trinajstić information content (AvgIpc) is 2.81. The summed E-state index contributed by atoms with van der Waals surface area (Å²) in [5.74, 6) is 0.627. The molecule has 1 aliphatic rings. The molecule has 1 aromatic carbocycles. The van der Waals surface area contributed by atoms with Crippen LogP contribution in [0.4, 0.5) is 4.39 Å². The van der Waals surface area contributed by atoms with Gasteiger partial charge in [-0.15, -0.1) is 0 Å². The van der Waals surface area contributed by atoms with E-state index >= 15 is 0 Å². The standard InChI is InChI=1S/C13H18FNO/c1-9(13-4-3-7-15-13)11-6-5-10(16-2)8-12(11)14/h5-6,8-9,13,15H,3-4,7H2,1-2H3. The molecule has 1 saturated heterocycles. The van der Waals surface area contributed by atoms with Gasteiger partial charge in [0, 0.05) is 12.1 Å². The zero-order valence-corrected chi connectivity index (χ0v) is 9.79. The number of nitrogens with one attached hydrogen (secondary N) is 1. The average molecular weight is 223 g/mol. The lowest BCUT2D eigenvalue weighted by molar-refractivity contribution is 0.409. The number of hydrogen-bond donors (Lipinski definition) is 1. The molecule has 88 valence electrons. The van der Waals surface area contributed by atoms with Crippen LogP contribution in [0.2, 0.25) is 0 Å². The van der Waals surface area contributed by atoms with Crippen molar-refractivity contribution in [3.8, 4) is 5.75 Å². The van der Waals surface area contributed by atoms with Gasteiger partial charge in [0.25, 0.3) is 0 Å². The fourth-order valence-corrected chi connectivity index (χ4v) is 2.36. The summed E-state index contributed by atoms with van der Waals surface area (Å²) in [5, 5.41) is 3.41. The number of hydrogen-bond acceptors (Lipinski definition) is 2. The zero-order chi connectivity index (χ0) is 11.5. The van der Waals surface area contributed by atoms with Gasteiger partial charge >= 0.3 is 0 Å². The van der Waals surface area contributed by atoms with Crippen LogP contribution in [0.25, 0.3) is 0 Å². The third kappa shape index (κ3) is 2.19. The van der Waals surface area contributed by atoms with Gasteiger partial charge in [-0.05, 0) is 36.9 Å². The fraction of sp³-hybridized carbons (Fsp3) is 0.538. The van der Waals surface area contributed by atoms with Crippen LogP contribution >= 0.6 is 0 Å². The summed E-state index contributed by atoms with van der Waals surface area (Å²) in [6.45, 7) is 3.13. The van der Waals surface area contributed by atoms with Crippen LogP contribution < -0.4 is 10.1 Å². The lowest BCUT2D eigenvalue weighted by Gasteiger charge is -2.20. The summed E-state index contributed by atoms with van der Waals surface area (Å²) in [4.78, 5) is 0. The van der Waals surface area contributed by atoms with E-state index in [4.69, 9.17) is 4.74 Å². The maximum atomic E-state index is 13.8. The second-order valence-electron chi connectivity index (χ2n) is 4.38. The highest BCUT2D eigenvalue weighted by Gasteiger charge is 2.24. The molecule has 16 heavy (non-hydrogen) atoms. The predicted molar refractivity (Wildman–Crippen MR) is 62.4 cm³/mol. The van der Waals surface area contributed by atoms with E-state index < -0.39 is 0 Å². The second-order valence-corrected chi connectivity index (χ2v) is 4.38. The van der Waals surface area contributed by atoms with E-state index in [-0.39, 0.29) is 11.7 Å². The molecular weight excluding hydrogens is 205 g/mol. The third-order valence-electron chi connectivity index (χ3n) is 3.40. The van der Waals surface area contributed by atoms with Crippen molar-refractivity contribution >= 4 is 0 Å². The van der Waals surface area contributed by atoms with Crippen LogP contribution in [0, 0.1) is 5.82 Å². The Balaban J connectivity index is 2.19. The highest BCUT2D eigenvalue weighted by atomic mass is 19.1. The minimum Gasteiger partial charge on any atom is -0.497 e. The minimum atomic E-state index is -0.166. The van der Waals surface area contributed by atoms with Gasteiger partial charge in [-0.1, -0.05) is 13.0 Å². The lowest BCUT2D eigenvalue weighted by atomic mass is 9.92. The van der Waals surface area contributed by atoms with Crippen molar-refractivity contribution in [2.75, 3.05) is 13.7 Å². The van der Waals surface area contributed by atoms with Crippen LogP contribution in [-0.2, 0) is 0 Å². The largest absolute Gasteiger partial charge is 0.497 e. The molecule has 0 saturated carbocycles. The van der Waals surface area contributed by atoms with Crippen molar-refractivity contribution < 1.29 is 9.13 Å². The number of halogens is 1. The Morgan fingerprint density at radius 2 is 2.31 bits per heavy atom. The Morgan fingerprint density at radius 1 is 1.50 bits per heavy atom. The van der Waals surface area contributed by atoms with Gasteiger partial charge in [0.2, 0.25) is 0 Å². The first-order valence-electron chi connectivity index (χ1n) is 5.79. The van der Waals surface area contributed by atoms with Gasteiger partial charge in [0.1, 0.15) is 11.6 Å². The number of methoxy groups -OCH3 is 1. The molecule has 0 bridgehead atoms. The molecule has 1 aliphatic heterocycles. The van der Waals surface area contributed by atoms with E-state index in [0.717, 1.165) is 18.5 Å². The van der Waals surface area contributed by atoms with Crippen LogP contribution in [0.15, 0.2) is 18.2 Å². The molecule has 1 aromatic rings. The molecule has 2 nitrogen and oxygen atoms in total. The Hall–Kier alpha value is -1.09. The molecule has 2 unspecified atom stereocenters. The number of rotatable bonds is 3. The summed E-state index contributed by atoms with van der Waals surface area (Å²) in [6, 6.07) is 5.52. The van der Waals surface area contributed by atoms with Crippen molar-refractivity contribution in [1.82, 2.24) is 5.32 Å². The highest BCUT2D eigenvalue weighted by Crippen LogP contribution is 2.28. The van der Waals surface area contributed by atoms with Crippen molar-refractivity contribution in [2.45, 2.75) is 31.7 Å². The minimum absolute atomic E-state index is 0.166. The van der Waals surface area contributed by atoms with Gasteiger partial charge < -0.3 is 10.1 Å². The molecule has 3 heteroatoms. The van der Waals surface area contributed by atoms with Crippen LogP contribution in [-0.4, -0.2) is 19.7 Å². The van der Waals surface area contributed by atoms with E-state index in [1.807, 2.05) is 12.1 Å². The summed E-state index contributed by atoms with van der Waals surface area (Å²) < 4.78 is 18.8. The SMILES string of the molecule is COc1ccc(C(C)C2CCCN2)c(F)c1. The lowest BCUT2D eigenvalue weighted by Crippen LogP contribution is -2.27. The first kappa shape index (κ1) is 11.4. The van der Waals surface area contributed by atoms with Crippen molar-refractivity contribution in [3.05, 3.63) is 29.6 Å². The molecule has 0 radical (unpaired) electrons. The molecule has 0 aliphatic carbocycles. The Bertz CT molecular complexity index is 361. The summed E-state index contributed by atoms with van der Waals surface area (Å²) in [6.07, 6.45) is 2.32. The summed E-state index contributed by atoms with van der Waals surface area (Å²) in [5.41, 5.74) is 0.778. The van der Waals surface area contributed by atoms with Gasteiger partial charge in [-0.25, -0.2) is 4.39 Å². The maximum Gasteiger partial charge on any atom is 0.130 e. The van der Waals surface area contributed by atoms with Gasteiger partial charge in [0.05, 0.1) is 7.11 Å². The highest BCUT2D eigenvalue weighted by molar-refractivity contribution is 5.31. The van der Waals surface area contributed by atoms with E-state index in [9.17, 15) is 4.39 Å². The fourth-order valence-electron chi connectivity index (χ4n) is 2.36. The normalized spacial score (nSPS) is 22.1. The van der Waals surface area contributed by atoms with Crippen molar-refractivity contribution in [3.63, 3.8) is 0 Å². The molecule has 0 aromatic heterocycles. The Kier molecular flexibility index (Phi) is 3.44. The smallest absolute Gasteiger partial charge is 0.130 e. The first-order chi connectivity index (χ1) is 7.72. The topological polar surface area (TPSA) is 21.3 Å². The molecule has 2 atom stereocenters. The molecule has 2 rings (SSSR count). The summed E-state index contributed by atoms with van der Waals surface area (Å²) in [7, 11) is 1.55. The van der Waals surface area contributed by atoms with Crippen molar-refractivity contribution in [1.29, 1.82) is 0 Å². The Morgan fingerprint density at radius 3 is 2.88 bits per heavy atom. The van der Waals surface area contributed by atoms with Gasteiger partial charge in [0.15, 0.2) is 0 Å². The van der Waals surface area contributed by atoms with E-state index in [1.165, 1.54) is 12.5 Å². The van der Waals surface area contributed by atoms with Crippen LogP contribution in [0.5, 0.6) is 5.75 Å². The quantitative estimate of drug-likeness (QED) is 0.850. The van der Waals surface area contributed by atoms with Crippen molar-refractivity contribution in [2.24, 2.45) is 0 Å². The van der Waals surface area contributed by atoms with E-state index in [1.54, 1.807) is 7.11 Å². The Labute approximate surface area is 95.8 Å². The van der Waals surface area contributed by atoms with Crippen LogP contribution in [0.3, 0.4) is 0 Å². The summed E-state index contributed by atoms with van der Waals surface area (Å²) >= 11 is 0. The molecule has 1 fully saturated rings. The van der Waals surface area contributed by atoms with E-state index in [2.05, 4.69) is 12.2 Å². The monoisotopic (exact) mass is 223 g/mol. The number of benzene rings is 1. The molecule has 1 heterocycles. The number of ether oxygens (including phenoxy) is 1. The third-order valence-corrected chi connectivity index (χ3v) is 3.40. The maximum absolute atomic E-state index is 13.8. The first-order valence-corrected chi connectivity index (χ1v) is 5.79. The van der Waals surface area contributed by atoms with Gasteiger partial charge in [-0.3, -0.25) is 0 Å². The van der Waals surface area contributed by atoms with Gasteiger partial charge in [-0.2, -0.15) is 0 Å². The molecule has 0 spiro atoms. The molecule has 1 N–H and O–H groups in total. The van der Waals surface area contributed by atoms with E-state index in [0.29, 0.717) is 11.8 Å². The molecule has 0 amide bonds. The second kappa shape index (κ2) is 4.83. The van der Waals surface area contributed by atoms with Crippen LogP contribution in [0.1, 0.15) is 31.2 Å². The predicted octanol–water partition coefficient (Wildman–Crippen LogP) is 2.69. The zero-order valence-electron chi connectivity index (χ0n) is 9.79.